The molecule has 2 aromatic heterocycles. The fraction of sp³-hybridized carbons (Fsp3) is 0.214. The third-order valence-electron chi connectivity index (χ3n) is 6.70. The molecule has 0 fully saturated rings. The first kappa shape index (κ1) is 21.8. The van der Waals surface area contributed by atoms with Gasteiger partial charge in [0.05, 0.1) is 29.5 Å². The van der Waals surface area contributed by atoms with Gasteiger partial charge in [0.1, 0.15) is 0 Å². The highest BCUT2D eigenvalue weighted by Crippen LogP contribution is 2.32. The predicted octanol–water partition coefficient (Wildman–Crippen LogP) is 5.57. The number of hydrogen-bond donors (Lipinski definition) is 2. The van der Waals surface area contributed by atoms with E-state index < -0.39 is 12.0 Å². The lowest BCUT2D eigenvalue weighted by molar-refractivity contribution is -0.137. The van der Waals surface area contributed by atoms with Gasteiger partial charge < -0.3 is 10.1 Å². The lowest BCUT2D eigenvalue weighted by Gasteiger charge is -2.18. The Morgan fingerprint density at radius 1 is 0.971 bits per heavy atom. The van der Waals surface area contributed by atoms with E-state index in [1.807, 2.05) is 80.7 Å². The van der Waals surface area contributed by atoms with Crippen LogP contribution in [0.5, 0.6) is 0 Å². The summed E-state index contributed by atoms with van der Waals surface area (Å²) in [4.78, 5) is 29.3. The molecular weight excluding hydrogens is 426 g/mol. The van der Waals surface area contributed by atoms with Crippen LogP contribution in [-0.4, -0.2) is 25.2 Å². The quantitative estimate of drug-likeness (QED) is 0.352. The number of aromatic amines is 1. The SMILES string of the molecule is Cc1cccc(C(CC(=O)O)n2c(=O)n(C(C)c3c[nH]c4cccc(C)c34)c3ccccc32)c1. The summed E-state index contributed by atoms with van der Waals surface area (Å²) in [5.41, 5.74) is 6.32. The van der Waals surface area contributed by atoms with Crippen molar-refractivity contribution >= 4 is 27.9 Å². The van der Waals surface area contributed by atoms with E-state index in [0.717, 1.165) is 44.2 Å². The highest BCUT2D eigenvalue weighted by molar-refractivity contribution is 5.87. The average molecular weight is 454 g/mol. The number of carbonyl (C=O) groups is 1. The van der Waals surface area contributed by atoms with Crippen LogP contribution in [0.4, 0.5) is 0 Å². The Kier molecular flexibility index (Phi) is 5.36. The number of carboxylic acids is 1. The van der Waals surface area contributed by atoms with Crippen LogP contribution in [0.2, 0.25) is 0 Å². The molecule has 0 amide bonds. The van der Waals surface area contributed by atoms with Gasteiger partial charge in [-0.1, -0.05) is 54.1 Å². The van der Waals surface area contributed by atoms with Gasteiger partial charge >= 0.3 is 11.7 Å². The molecule has 2 unspecified atom stereocenters. The monoisotopic (exact) mass is 453 g/mol. The van der Waals surface area contributed by atoms with Crippen LogP contribution in [0.15, 0.2) is 77.7 Å². The summed E-state index contributed by atoms with van der Waals surface area (Å²) in [5.74, 6) is -0.949. The molecule has 5 aromatic rings. The molecule has 0 aliphatic heterocycles. The molecular formula is C28H27N3O3. The number of fused-ring (bicyclic) bond motifs is 2. The molecule has 34 heavy (non-hydrogen) atoms. The first-order valence-electron chi connectivity index (χ1n) is 11.4. The maximum atomic E-state index is 14.1. The molecule has 0 bridgehead atoms. The molecule has 2 N–H and O–H groups in total. The zero-order valence-electron chi connectivity index (χ0n) is 19.4. The minimum Gasteiger partial charge on any atom is -0.481 e. The second kappa shape index (κ2) is 8.37. The van der Waals surface area contributed by atoms with E-state index in [-0.39, 0.29) is 18.2 Å². The van der Waals surface area contributed by atoms with Crippen LogP contribution in [0, 0.1) is 13.8 Å². The van der Waals surface area contributed by atoms with Crippen molar-refractivity contribution in [1.82, 2.24) is 14.1 Å². The maximum absolute atomic E-state index is 14.1. The number of imidazole rings is 1. The van der Waals surface area contributed by atoms with Crippen molar-refractivity contribution < 1.29 is 9.90 Å². The first-order valence-corrected chi connectivity index (χ1v) is 11.4. The number of para-hydroxylation sites is 2. The highest BCUT2D eigenvalue weighted by Gasteiger charge is 2.27. The Bertz CT molecular complexity index is 1590. The lowest BCUT2D eigenvalue weighted by atomic mass is 10.0. The van der Waals surface area contributed by atoms with Crippen LogP contribution in [0.25, 0.3) is 21.9 Å². The van der Waals surface area contributed by atoms with E-state index in [9.17, 15) is 14.7 Å². The Balaban J connectivity index is 1.76. The Morgan fingerprint density at radius 2 is 1.68 bits per heavy atom. The van der Waals surface area contributed by atoms with Crippen molar-refractivity contribution in [2.45, 2.75) is 39.3 Å². The van der Waals surface area contributed by atoms with Crippen molar-refractivity contribution in [2.75, 3.05) is 0 Å². The summed E-state index contributed by atoms with van der Waals surface area (Å²) in [6.45, 7) is 6.06. The van der Waals surface area contributed by atoms with Crippen molar-refractivity contribution in [2.24, 2.45) is 0 Å². The molecule has 6 heteroatoms. The molecule has 0 saturated carbocycles. The second-order valence-electron chi connectivity index (χ2n) is 8.96. The van der Waals surface area contributed by atoms with E-state index in [0.29, 0.717) is 0 Å². The molecule has 5 rings (SSSR count). The fourth-order valence-corrected chi connectivity index (χ4v) is 5.14. The topological polar surface area (TPSA) is 80.0 Å². The van der Waals surface area contributed by atoms with Crippen molar-refractivity contribution in [1.29, 1.82) is 0 Å². The zero-order valence-corrected chi connectivity index (χ0v) is 19.4. The van der Waals surface area contributed by atoms with Gasteiger partial charge in [-0.3, -0.25) is 13.9 Å². The Hall–Kier alpha value is -4.06. The lowest BCUT2D eigenvalue weighted by Crippen LogP contribution is -2.31. The summed E-state index contributed by atoms with van der Waals surface area (Å²) >= 11 is 0. The molecule has 6 nitrogen and oxygen atoms in total. The normalized spacial score (nSPS) is 13.4. The first-order chi connectivity index (χ1) is 16.4. The summed E-state index contributed by atoms with van der Waals surface area (Å²) < 4.78 is 3.44. The van der Waals surface area contributed by atoms with Gasteiger partial charge in [-0.2, -0.15) is 0 Å². The number of nitrogens with zero attached hydrogens (tertiary/aromatic N) is 2. The summed E-state index contributed by atoms with van der Waals surface area (Å²) in [6.07, 6.45) is 1.79. The van der Waals surface area contributed by atoms with Gasteiger partial charge in [0.25, 0.3) is 0 Å². The third kappa shape index (κ3) is 3.52. The van der Waals surface area contributed by atoms with E-state index in [1.54, 1.807) is 9.13 Å². The van der Waals surface area contributed by atoms with Gasteiger partial charge in [-0.25, -0.2) is 4.79 Å². The molecule has 2 atom stereocenters. The largest absolute Gasteiger partial charge is 0.481 e. The van der Waals surface area contributed by atoms with Gasteiger partial charge in [0, 0.05) is 22.7 Å². The predicted molar refractivity (Wildman–Crippen MR) is 135 cm³/mol. The highest BCUT2D eigenvalue weighted by atomic mass is 16.4. The second-order valence-corrected chi connectivity index (χ2v) is 8.96. The van der Waals surface area contributed by atoms with E-state index in [4.69, 9.17) is 0 Å². The number of aliphatic carboxylic acids is 1. The van der Waals surface area contributed by atoms with E-state index in [2.05, 4.69) is 18.0 Å². The standard InChI is InChI=1S/C28H27N3O3/c1-17-8-6-10-20(14-17)25(15-26(32)33)31-24-13-5-4-12-23(24)30(28(31)34)19(3)21-16-29-22-11-7-9-18(2)27(21)22/h4-14,16,19,25,29H,15H2,1-3H3,(H,32,33). The smallest absolute Gasteiger partial charge is 0.330 e. The molecule has 0 radical (unpaired) electrons. The number of nitrogens with one attached hydrogen (secondary N) is 1. The molecule has 2 heterocycles. The molecule has 0 saturated heterocycles. The summed E-state index contributed by atoms with van der Waals surface area (Å²) in [6, 6.07) is 20.6. The molecule has 0 aliphatic rings. The van der Waals surface area contributed by atoms with Crippen LogP contribution in [0.3, 0.4) is 0 Å². The maximum Gasteiger partial charge on any atom is 0.330 e. The number of H-pyrrole nitrogens is 1. The fourth-order valence-electron chi connectivity index (χ4n) is 5.14. The number of aromatic nitrogens is 3. The minimum absolute atomic E-state index is 0.183. The summed E-state index contributed by atoms with van der Waals surface area (Å²) in [7, 11) is 0. The van der Waals surface area contributed by atoms with Crippen LogP contribution < -0.4 is 5.69 Å². The summed E-state index contributed by atoms with van der Waals surface area (Å²) in [5, 5.41) is 10.8. The van der Waals surface area contributed by atoms with Crippen molar-refractivity contribution in [3.63, 3.8) is 0 Å². The van der Waals surface area contributed by atoms with Crippen LogP contribution >= 0.6 is 0 Å². The number of rotatable bonds is 6. The Labute approximate surface area is 197 Å². The van der Waals surface area contributed by atoms with Gasteiger partial charge in [-0.15, -0.1) is 0 Å². The van der Waals surface area contributed by atoms with Crippen LogP contribution in [0.1, 0.15) is 47.7 Å². The number of hydrogen-bond acceptors (Lipinski definition) is 2. The van der Waals surface area contributed by atoms with Gasteiger partial charge in [0.2, 0.25) is 0 Å². The van der Waals surface area contributed by atoms with Crippen LogP contribution in [-0.2, 0) is 4.79 Å². The third-order valence-corrected chi connectivity index (χ3v) is 6.70. The van der Waals surface area contributed by atoms with Gasteiger partial charge in [0.15, 0.2) is 0 Å². The number of carboxylic acid groups (broad SMARTS) is 1. The molecule has 3 aromatic carbocycles. The molecule has 0 spiro atoms. The zero-order chi connectivity index (χ0) is 24.0. The van der Waals surface area contributed by atoms with Crippen molar-refractivity contribution in [3.8, 4) is 0 Å². The number of aryl methyl sites for hydroxylation is 2. The molecule has 0 aliphatic carbocycles. The minimum atomic E-state index is -0.949. The van der Waals surface area contributed by atoms with Crippen molar-refractivity contribution in [3.05, 3.63) is 106 Å². The van der Waals surface area contributed by atoms with E-state index >= 15 is 0 Å². The number of benzene rings is 3. The van der Waals surface area contributed by atoms with E-state index in [1.165, 1.54) is 0 Å². The average Bonchev–Trinajstić information content (AvgIpc) is 3.37. The Morgan fingerprint density at radius 3 is 2.38 bits per heavy atom. The van der Waals surface area contributed by atoms with Gasteiger partial charge in [-0.05, 0) is 50.1 Å². The molecule has 172 valence electrons.